The number of hydrogen-bond donors (Lipinski definition) is 2. The predicted octanol–water partition coefficient (Wildman–Crippen LogP) is 2.12. The van der Waals surface area contributed by atoms with Gasteiger partial charge in [-0.15, -0.1) is 0 Å². The molecule has 2 aromatic rings. The molecule has 2 unspecified atom stereocenters. The van der Waals surface area contributed by atoms with E-state index in [2.05, 4.69) is 24.3 Å². The normalized spacial score (nSPS) is 24.4. The summed E-state index contributed by atoms with van der Waals surface area (Å²) in [4.78, 5) is 0. The van der Waals surface area contributed by atoms with Gasteiger partial charge in [0.2, 0.25) is 0 Å². The van der Waals surface area contributed by atoms with Crippen LogP contribution in [-0.2, 0) is 6.54 Å². The number of benzene rings is 1. The Morgan fingerprint density at radius 1 is 1.30 bits per heavy atom. The molecular formula is C16H21N3O. The first-order chi connectivity index (χ1) is 9.57. The lowest BCUT2D eigenvalue weighted by molar-refractivity contribution is -0.0730. The zero-order valence-corrected chi connectivity index (χ0v) is 12.0. The minimum Gasteiger partial charge on any atom is -0.392 e. The van der Waals surface area contributed by atoms with Crippen LogP contribution in [-0.4, -0.2) is 27.0 Å². The number of aliphatic hydroxyl groups is 1. The molecule has 0 aliphatic heterocycles. The van der Waals surface area contributed by atoms with Crippen molar-refractivity contribution in [1.29, 1.82) is 0 Å². The molecule has 0 amide bonds. The molecule has 0 spiro atoms. The summed E-state index contributed by atoms with van der Waals surface area (Å²) >= 11 is 0. The molecule has 4 heteroatoms. The zero-order valence-electron chi connectivity index (χ0n) is 12.0. The number of para-hydroxylation sites is 1. The van der Waals surface area contributed by atoms with E-state index in [9.17, 15) is 5.11 Å². The Balaban J connectivity index is 1.61. The third-order valence-electron chi connectivity index (χ3n) is 4.41. The van der Waals surface area contributed by atoms with E-state index in [-0.39, 0.29) is 11.5 Å². The van der Waals surface area contributed by atoms with Crippen molar-refractivity contribution >= 4 is 0 Å². The Morgan fingerprint density at radius 2 is 2.05 bits per heavy atom. The van der Waals surface area contributed by atoms with Gasteiger partial charge in [0.25, 0.3) is 0 Å². The van der Waals surface area contributed by atoms with Crippen LogP contribution in [0.2, 0.25) is 0 Å². The topological polar surface area (TPSA) is 50.1 Å². The molecule has 20 heavy (non-hydrogen) atoms. The van der Waals surface area contributed by atoms with Gasteiger partial charge >= 0.3 is 0 Å². The number of aliphatic hydroxyl groups excluding tert-OH is 1. The molecule has 2 N–H and O–H groups in total. The second-order valence-electron chi connectivity index (χ2n) is 6.09. The lowest BCUT2D eigenvalue weighted by Gasteiger charge is -2.49. The molecule has 1 fully saturated rings. The van der Waals surface area contributed by atoms with Gasteiger partial charge in [0, 0.05) is 24.2 Å². The smallest absolute Gasteiger partial charge is 0.0766 e. The van der Waals surface area contributed by atoms with Crippen LogP contribution in [0.5, 0.6) is 0 Å². The van der Waals surface area contributed by atoms with Crippen LogP contribution in [0.15, 0.2) is 42.6 Å². The van der Waals surface area contributed by atoms with E-state index in [0.717, 1.165) is 24.3 Å². The standard InChI is InChI=1S/C16H21N3O/c1-16(2)14(10-15(16)20)17-11-12-8-9-19(18-12)13-6-4-3-5-7-13/h3-9,14-15,17,20H,10-11H2,1-2H3. The summed E-state index contributed by atoms with van der Waals surface area (Å²) in [5.41, 5.74) is 2.05. The fourth-order valence-corrected chi connectivity index (χ4v) is 2.66. The first-order valence-corrected chi connectivity index (χ1v) is 7.09. The maximum atomic E-state index is 9.74. The molecule has 0 bridgehead atoms. The van der Waals surface area contributed by atoms with Crippen LogP contribution >= 0.6 is 0 Å². The van der Waals surface area contributed by atoms with Crippen LogP contribution < -0.4 is 5.32 Å². The highest BCUT2D eigenvalue weighted by Crippen LogP contribution is 2.40. The van der Waals surface area contributed by atoms with Crippen molar-refractivity contribution in [3.05, 3.63) is 48.3 Å². The van der Waals surface area contributed by atoms with Crippen molar-refractivity contribution in [2.24, 2.45) is 5.41 Å². The highest BCUT2D eigenvalue weighted by Gasteiger charge is 2.46. The van der Waals surface area contributed by atoms with Gasteiger partial charge < -0.3 is 10.4 Å². The van der Waals surface area contributed by atoms with Crippen LogP contribution in [0.4, 0.5) is 0 Å². The van der Waals surface area contributed by atoms with Crippen LogP contribution in [0.25, 0.3) is 5.69 Å². The van der Waals surface area contributed by atoms with Gasteiger partial charge in [-0.25, -0.2) is 4.68 Å². The summed E-state index contributed by atoms with van der Waals surface area (Å²) in [6.07, 6.45) is 2.61. The van der Waals surface area contributed by atoms with E-state index in [1.807, 2.05) is 47.3 Å². The van der Waals surface area contributed by atoms with Gasteiger partial charge in [-0.2, -0.15) is 5.10 Å². The third kappa shape index (κ3) is 2.37. The van der Waals surface area contributed by atoms with Gasteiger partial charge in [0.15, 0.2) is 0 Å². The fraction of sp³-hybridized carbons (Fsp3) is 0.438. The summed E-state index contributed by atoms with van der Waals surface area (Å²) in [5.74, 6) is 0. The Labute approximate surface area is 119 Å². The van der Waals surface area contributed by atoms with Crippen molar-refractivity contribution in [1.82, 2.24) is 15.1 Å². The summed E-state index contributed by atoms with van der Waals surface area (Å²) < 4.78 is 1.89. The van der Waals surface area contributed by atoms with Gasteiger partial charge in [-0.05, 0) is 24.6 Å². The summed E-state index contributed by atoms with van der Waals surface area (Å²) in [6.45, 7) is 4.93. The highest BCUT2D eigenvalue weighted by atomic mass is 16.3. The molecular weight excluding hydrogens is 250 g/mol. The third-order valence-corrected chi connectivity index (χ3v) is 4.41. The molecule has 106 valence electrons. The molecule has 4 nitrogen and oxygen atoms in total. The minimum absolute atomic E-state index is 0.0397. The van der Waals surface area contributed by atoms with Gasteiger partial charge in [0.1, 0.15) is 0 Å². The lowest BCUT2D eigenvalue weighted by Crippen LogP contribution is -2.59. The maximum absolute atomic E-state index is 9.74. The van der Waals surface area contributed by atoms with E-state index in [1.54, 1.807) is 0 Å². The highest BCUT2D eigenvalue weighted by molar-refractivity contribution is 5.30. The van der Waals surface area contributed by atoms with Gasteiger partial charge in [0.05, 0.1) is 17.5 Å². The second-order valence-corrected chi connectivity index (χ2v) is 6.09. The number of rotatable bonds is 4. The van der Waals surface area contributed by atoms with Crippen molar-refractivity contribution in [3.8, 4) is 5.69 Å². The van der Waals surface area contributed by atoms with Crippen molar-refractivity contribution in [3.63, 3.8) is 0 Å². The molecule has 1 aromatic carbocycles. The summed E-state index contributed by atoms with van der Waals surface area (Å²) in [7, 11) is 0. The Morgan fingerprint density at radius 3 is 2.70 bits per heavy atom. The molecule has 1 aliphatic carbocycles. The molecule has 1 aromatic heterocycles. The van der Waals surface area contributed by atoms with E-state index >= 15 is 0 Å². The average molecular weight is 271 g/mol. The van der Waals surface area contributed by atoms with E-state index in [4.69, 9.17) is 0 Å². The summed E-state index contributed by atoms with van der Waals surface area (Å²) in [6, 6.07) is 12.5. The minimum atomic E-state index is -0.193. The van der Waals surface area contributed by atoms with Gasteiger partial charge in [-0.3, -0.25) is 0 Å². The molecule has 3 rings (SSSR count). The lowest BCUT2D eigenvalue weighted by atomic mass is 9.64. The van der Waals surface area contributed by atoms with Crippen LogP contribution in [0, 0.1) is 5.41 Å². The SMILES string of the molecule is CC1(C)C(O)CC1NCc1ccn(-c2ccccc2)n1. The molecule has 0 radical (unpaired) electrons. The first kappa shape index (κ1) is 13.3. The molecule has 1 saturated carbocycles. The van der Waals surface area contributed by atoms with Crippen molar-refractivity contribution < 1.29 is 5.11 Å². The predicted molar refractivity (Wildman–Crippen MR) is 78.6 cm³/mol. The van der Waals surface area contributed by atoms with E-state index < -0.39 is 0 Å². The number of aromatic nitrogens is 2. The first-order valence-electron chi connectivity index (χ1n) is 7.09. The van der Waals surface area contributed by atoms with Crippen LogP contribution in [0.3, 0.4) is 0 Å². The molecule has 0 saturated heterocycles. The Hall–Kier alpha value is -1.65. The molecule has 1 aliphatic rings. The summed E-state index contributed by atoms with van der Waals surface area (Å²) in [5, 5.41) is 17.8. The quantitative estimate of drug-likeness (QED) is 0.895. The largest absolute Gasteiger partial charge is 0.392 e. The van der Waals surface area contributed by atoms with Crippen LogP contribution in [0.1, 0.15) is 26.0 Å². The molecule has 1 heterocycles. The maximum Gasteiger partial charge on any atom is 0.0766 e. The zero-order chi connectivity index (χ0) is 14.2. The molecule has 2 atom stereocenters. The fourth-order valence-electron chi connectivity index (χ4n) is 2.66. The van der Waals surface area contributed by atoms with Crippen molar-refractivity contribution in [2.75, 3.05) is 0 Å². The van der Waals surface area contributed by atoms with Gasteiger partial charge in [-0.1, -0.05) is 32.0 Å². The Kier molecular flexibility index (Phi) is 3.36. The number of nitrogens with one attached hydrogen (secondary N) is 1. The monoisotopic (exact) mass is 271 g/mol. The van der Waals surface area contributed by atoms with Crippen molar-refractivity contribution in [2.45, 2.75) is 39.0 Å². The Bertz CT molecular complexity index is 576. The van der Waals surface area contributed by atoms with E-state index in [1.165, 1.54) is 0 Å². The van der Waals surface area contributed by atoms with E-state index in [0.29, 0.717) is 6.04 Å². The number of hydrogen-bond acceptors (Lipinski definition) is 3. The average Bonchev–Trinajstić information content (AvgIpc) is 2.93. The number of nitrogens with zero attached hydrogens (tertiary/aromatic N) is 2. The second kappa shape index (κ2) is 5.04.